The van der Waals surface area contributed by atoms with Crippen molar-refractivity contribution in [2.45, 2.75) is 0 Å². The molecule has 230 valence electrons. The summed E-state index contributed by atoms with van der Waals surface area (Å²) in [6.45, 7) is 0. The molecule has 9 rings (SSSR count). The van der Waals surface area contributed by atoms with E-state index in [4.69, 9.17) is 14.4 Å². The molecule has 0 amide bonds. The van der Waals surface area contributed by atoms with Crippen molar-refractivity contribution in [2.75, 3.05) is 0 Å². The van der Waals surface area contributed by atoms with Gasteiger partial charge in [-0.1, -0.05) is 146 Å². The molecule has 0 unspecified atom stereocenters. The number of furan rings is 1. The fourth-order valence-electron chi connectivity index (χ4n) is 6.67. The van der Waals surface area contributed by atoms with Gasteiger partial charge in [-0.3, -0.25) is 0 Å². The molecule has 0 spiro atoms. The van der Waals surface area contributed by atoms with E-state index in [0.717, 1.165) is 77.8 Å². The predicted molar refractivity (Wildman–Crippen MR) is 202 cm³/mol. The number of rotatable bonds is 6. The van der Waals surface area contributed by atoms with Gasteiger partial charge < -0.3 is 4.42 Å². The summed E-state index contributed by atoms with van der Waals surface area (Å²) in [7, 11) is 0. The Labute approximate surface area is 284 Å². The van der Waals surface area contributed by atoms with Crippen LogP contribution in [-0.4, -0.2) is 9.97 Å². The predicted octanol–water partition coefficient (Wildman–Crippen LogP) is 12.4. The molecule has 0 aliphatic carbocycles. The smallest absolute Gasteiger partial charge is 0.160 e. The minimum atomic E-state index is 0.686. The molecule has 0 fully saturated rings. The Bertz CT molecular complexity index is 2570. The summed E-state index contributed by atoms with van der Waals surface area (Å²) in [6.07, 6.45) is 0. The van der Waals surface area contributed by atoms with Crippen LogP contribution in [0.15, 0.2) is 186 Å². The van der Waals surface area contributed by atoms with Crippen LogP contribution in [0.1, 0.15) is 0 Å². The highest BCUT2D eigenvalue weighted by Crippen LogP contribution is 2.40. The van der Waals surface area contributed by atoms with Gasteiger partial charge in [-0.25, -0.2) is 9.97 Å². The molecule has 0 aliphatic rings. The first-order valence-corrected chi connectivity index (χ1v) is 16.5. The van der Waals surface area contributed by atoms with Crippen molar-refractivity contribution in [1.82, 2.24) is 9.97 Å². The minimum Gasteiger partial charge on any atom is -0.456 e. The van der Waals surface area contributed by atoms with Crippen LogP contribution in [0, 0.1) is 0 Å². The van der Waals surface area contributed by atoms with E-state index in [1.54, 1.807) is 0 Å². The molecule has 0 bridgehead atoms. The first-order chi connectivity index (χ1) is 24.3. The van der Waals surface area contributed by atoms with Crippen LogP contribution in [0.4, 0.5) is 0 Å². The first kappa shape index (κ1) is 28.6. The van der Waals surface area contributed by atoms with Crippen LogP contribution >= 0.6 is 0 Å². The number of para-hydroxylation sites is 1. The Hall–Kier alpha value is -6.58. The van der Waals surface area contributed by atoms with E-state index in [2.05, 4.69) is 152 Å². The Morgan fingerprint density at radius 2 is 0.837 bits per heavy atom. The van der Waals surface area contributed by atoms with Crippen LogP contribution < -0.4 is 0 Å². The second kappa shape index (κ2) is 12.2. The van der Waals surface area contributed by atoms with E-state index in [0.29, 0.717) is 5.82 Å². The molecule has 0 atom stereocenters. The average Bonchev–Trinajstić information content (AvgIpc) is 3.58. The van der Waals surface area contributed by atoms with E-state index in [1.165, 1.54) is 5.56 Å². The van der Waals surface area contributed by atoms with E-state index >= 15 is 0 Å². The van der Waals surface area contributed by atoms with Gasteiger partial charge in [0.25, 0.3) is 0 Å². The topological polar surface area (TPSA) is 38.9 Å². The fourth-order valence-corrected chi connectivity index (χ4v) is 6.67. The summed E-state index contributed by atoms with van der Waals surface area (Å²) < 4.78 is 6.29. The summed E-state index contributed by atoms with van der Waals surface area (Å²) >= 11 is 0. The van der Waals surface area contributed by atoms with Gasteiger partial charge in [-0.2, -0.15) is 0 Å². The average molecular weight is 627 g/mol. The molecule has 2 heterocycles. The van der Waals surface area contributed by atoms with Gasteiger partial charge >= 0.3 is 0 Å². The zero-order chi connectivity index (χ0) is 32.6. The Morgan fingerprint density at radius 1 is 0.327 bits per heavy atom. The minimum absolute atomic E-state index is 0.686. The van der Waals surface area contributed by atoms with Gasteiger partial charge in [0.15, 0.2) is 5.82 Å². The summed E-state index contributed by atoms with van der Waals surface area (Å²) in [5.74, 6) is 0.686. The molecular weight excluding hydrogens is 597 g/mol. The van der Waals surface area contributed by atoms with Gasteiger partial charge in [0.2, 0.25) is 0 Å². The highest BCUT2D eigenvalue weighted by molar-refractivity contribution is 6.12. The summed E-state index contributed by atoms with van der Waals surface area (Å²) in [6, 6.07) is 63.3. The summed E-state index contributed by atoms with van der Waals surface area (Å²) in [5, 5.41) is 2.22. The maximum absolute atomic E-state index is 6.29. The number of hydrogen-bond acceptors (Lipinski definition) is 3. The fraction of sp³-hybridized carbons (Fsp3) is 0. The van der Waals surface area contributed by atoms with E-state index in [-0.39, 0.29) is 0 Å². The SMILES string of the molecule is c1ccc(-c2ccc(-c3nc(-c4ccccc4)cc(-c4cc(-c5ccccc5)cc(-c5cccc6oc7ccccc7c56)c4)n3)cc2)cc1. The lowest BCUT2D eigenvalue weighted by Crippen LogP contribution is -1.96. The molecule has 0 saturated carbocycles. The van der Waals surface area contributed by atoms with Crippen molar-refractivity contribution in [2.24, 2.45) is 0 Å². The molecule has 3 heteroatoms. The van der Waals surface area contributed by atoms with Crippen molar-refractivity contribution in [3.8, 4) is 67.3 Å². The molecular formula is C46H30N2O. The second-order valence-electron chi connectivity index (χ2n) is 12.2. The highest BCUT2D eigenvalue weighted by Gasteiger charge is 2.17. The molecule has 0 N–H and O–H groups in total. The number of hydrogen-bond donors (Lipinski definition) is 0. The zero-order valence-electron chi connectivity index (χ0n) is 26.6. The quantitative estimate of drug-likeness (QED) is 0.184. The molecule has 9 aromatic rings. The largest absolute Gasteiger partial charge is 0.456 e. The van der Waals surface area contributed by atoms with Crippen molar-refractivity contribution in [3.05, 3.63) is 182 Å². The third kappa shape index (κ3) is 5.48. The van der Waals surface area contributed by atoms with Crippen LogP contribution in [0.5, 0.6) is 0 Å². The van der Waals surface area contributed by atoms with E-state index in [9.17, 15) is 0 Å². The lowest BCUT2D eigenvalue weighted by molar-refractivity contribution is 0.669. The number of aromatic nitrogens is 2. The second-order valence-corrected chi connectivity index (χ2v) is 12.2. The molecule has 0 saturated heterocycles. The van der Waals surface area contributed by atoms with E-state index < -0.39 is 0 Å². The lowest BCUT2D eigenvalue weighted by atomic mass is 9.92. The molecule has 2 aromatic heterocycles. The molecule has 49 heavy (non-hydrogen) atoms. The Morgan fingerprint density at radius 3 is 1.55 bits per heavy atom. The monoisotopic (exact) mass is 626 g/mol. The summed E-state index contributed by atoms with van der Waals surface area (Å²) in [4.78, 5) is 10.4. The van der Waals surface area contributed by atoms with Gasteiger partial charge in [0.1, 0.15) is 11.2 Å². The van der Waals surface area contributed by atoms with E-state index in [1.807, 2.05) is 30.3 Å². The molecule has 3 nitrogen and oxygen atoms in total. The maximum atomic E-state index is 6.29. The van der Waals surface area contributed by atoms with Crippen molar-refractivity contribution in [3.63, 3.8) is 0 Å². The maximum Gasteiger partial charge on any atom is 0.160 e. The van der Waals surface area contributed by atoms with Crippen molar-refractivity contribution < 1.29 is 4.42 Å². The molecule has 7 aromatic carbocycles. The van der Waals surface area contributed by atoms with Crippen molar-refractivity contribution >= 4 is 21.9 Å². The lowest BCUT2D eigenvalue weighted by Gasteiger charge is -2.14. The number of fused-ring (bicyclic) bond motifs is 3. The molecule has 0 radical (unpaired) electrons. The standard InChI is InChI=1S/C46H30N2O/c1-4-13-31(14-5-1)33-23-25-35(26-24-33)46-47-41(34-17-8-3-9-18-34)30-42(48-46)38-28-36(32-15-6-2-7-16-32)27-37(29-38)39-20-12-22-44-45(39)40-19-10-11-21-43(40)49-44/h1-30H. The van der Waals surface area contributed by atoms with Crippen molar-refractivity contribution in [1.29, 1.82) is 0 Å². The van der Waals surface area contributed by atoms with Gasteiger partial charge in [-0.15, -0.1) is 0 Å². The molecule has 0 aliphatic heterocycles. The third-order valence-electron chi connectivity index (χ3n) is 9.10. The van der Waals surface area contributed by atoms with Gasteiger partial charge in [0, 0.05) is 27.5 Å². The zero-order valence-corrected chi connectivity index (χ0v) is 26.6. The van der Waals surface area contributed by atoms with Gasteiger partial charge in [0.05, 0.1) is 11.4 Å². The Kier molecular flexibility index (Phi) is 7.14. The number of benzene rings is 7. The number of nitrogens with zero attached hydrogens (tertiary/aromatic N) is 2. The van der Waals surface area contributed by atoms with Crippen LogP contribution in [0.3, 0.4) is 0 Å². The summed E-state index contributed by atoms with van der Waals surface area (Å²) in [5.41, 5.74) is 13.3. The van der Waals surface area contributed by atoms with Crippen LogP contribution in [0.2, 0.25) is 0 Å². The normalized spacial score (nSPS) is 11.3. The van der Waals surface area contributed by atoms with Crippen LogP contribution in [0.25, 0.3) is 89.2 Å². The van der Waals surface area contributed by atoms with Crippen LogP contribution in [-0.2, 0) is 0 Å². The highest BCUT2D eigenvalue weighted by atomic mass is 16.3. The third-order valence-corrected chi connectivity index (χ3v) is 9.10. The van der Waals surface area contributed by atoms with Gasteiger partial charge in [-0.05, 0) is 69.8 Å². The first-order valence-electron chi connectivity index (χ1n) is 16.5. The Balaban J connectivity index is 1.25.